The molecular formula is C11H23NO2. The van der Waals surface area contributed by atoms with Crippen LogP contribution in [0.1, 0.15) is 39.0 Å². The van der Waals surface area contributed by atoms with Gasteiger partial charge in [-0.2, -0.15) is 0 Å². The molecule has 0 saturated heterocycles. The molecule has 0 heterocycles. The van der Waals surface area contributed by atoms with E-state index in [2.05, 4.69) is 5.32 Å². The number of aliphatic hydroxyl groups is 1. The van der Waals surface area contributed by atoms with Gasteiger partial charge < -0.3 is 15.2 Å². The molecule has 0 spiro atoms. The van der Waals surface area contributed by atoms with Crippen molar-refractivity contribution in [1.29, 1.82) is 0 Å². The maximum atomic E-state index is 9.86. The van der Waals surface area contributed by atoms with E-state index in [0.717, 1.165) is 0 Å². The summed E-state index contributed by atoms with van der Waals surface area (Å²) in [6, 6.07) is 0.604. The van der Waals surface area contributed by atoms with Crippen LogP contribution in [0.4, 0.5) is 0 Å². The van der Waals surface area contributed by atoms with E-state index in [1.165, 1.54) is 32.1 Å². The molecule has 1 aliphatic carbocycles. The molecule has 14 heavy (non-hydrogen) atoms. The lowest BCUT2D eigenvalue weighted by molar-refractivity contribution is -0.0178. The fourth-order valence-corrected chi connectivity index (χ4v) is 2.03. The number of ether oxygens (including phenoxy) is 1. The lowest BCUT2D eigenvalue weighted by atomic mass is 9.95. The van der Waals surface area contributed by atoms with E-state index in [4.69, 9.17) is 4.74 Å². The van der Waals surface area contributed by atoms with Crippen LogP contribution in [0.15, 0.2) is 0 Å². The van der Waals surface area contributed by atoms with E-state index in [1.54, 1.807) is 7.11 Å². The van der Waals surface area contributed by atoms with Gasteiger partial charge in [-0.15, -0.1) is 0 Å². The number of hydrogen-bond donors (Lipinski definition) is 2. The summed E-state index contributed by atoms with van der Waals surface area (Å²) >= 11 is 0. The highest BCUT2D eigenvalue weighted by molar-refractivity contribution is 4.79. The van der Waals surface area contributed by atoms with Crippen LogP contribution in [0.3, 0.4) is 0 Å². The van der Waals surface area contributed by atoms with E-state index >= 15 is 0 Å². The van der Waals surface area contributed by atoms with E-state index < -0.39 is 5.60 Å². The van der Waals surface area contributed by atoms with Gasteiger partial charge in [0.15, 0.2) is 0 Å². The number of hydrogen-bond acceptors (Lipinski definition) is 3. The molecule has 0 amide bonds. The molecule has 1 unspecified atom stereocenters. The van der Waals surface area contributed by atoms with E-state index in [1.807, 2.05) is 6.92 Å². The Labute approximate surface area is 86.8 Å². The summed E-state index contributed by atoms with van der Waals surface area (Å²) in [5, 5.41) is 13.3. The second-order valence-electron chi connectivity index (χ2n) is 4.65. The van der Waals surface area contributed by atoms with E-state index in [9.17, 15) is 5.11 Å². The minimum absolute atomic E-state index is 0.396. The van der Waals surface area contributed by atoms with Crippen LogP contribution in [-0.2, 0) is 4.74 Å². The number of nitrogens with one attached hydrogen (secondary N) is 1. The first-order valence-electron chi connectivity index (χ1n) is 5.59. The van der Waals surface area contributed by atoms with Crippen molar-refractivity contribution in [3.63, 3.8) is 0 Å². The smallest absolute Gasteiger partial charge is 0.0975 e. The predicted octanol–water partition coefficient (Wildman–Crippen LogP) is 1.31. The molecule has 1 aliphatic rings. The first-order chi connectivity index (χ1) is 6.64. The molecule has 1 fully saturated rings. The lowest BCUT2D eigenvalue weighted by Gasteiger charge is -2.28. The molecular weight excluding hydrogens is 178 g/mol. The average molecular weight is 201 g/mol. The van der Waals surface area contributed by atoms with Gasteiger partial charge in [-0.1, -0.05) is 19.3 Å². The van der Waals surface area contributed by atoms with Crippen molar-refractivity contribution in [2.45, 2.75) is 50.7 Å². The van der Waals surface area contributed by atoms with Crippen molar-refractivity contribution in [2.24, 2.45) is 0 Å². The Morgan fingerprint density at radius 2 is 2.00 bits per heavy atom. The van der Waals surface area contributed by atoms with Gasteiger partial charge in [0.1, 0.15) is 0 Å². The molecule has 84 valence electrons. The summed E-state index contributed by atoms with van der Waals surface area (Å²) < 4.78 is 4.96. The minimum Gasteiger partial charge on any atom is -0.386 e. The highest BCUT2D eigenvalue weighted by Crippen LogP contribution is 2.17. The Balaban J connectivity index is 2.17. The second kappa shape index (κ2) is 5.69. The Bertz CT molecular complexity index is 153. The minimum atomic E-state index is -0.730. The largest absolute Gasteiger partial charge is 0.386 e. The Morgan fingerprint density at radius 3 is 2.57 bits per heavy atom. The lowest BCUT2D eigenvalue weighted by Crippen LogP contribution is -2.45. The van der Waals surface area contributed by atoms with E-state index in [-0.39, 0.29) is 0 Å². The van der Waals surface area contributed by atoms with Crippen molar-refractivity contribution in [3.05, 3.63) is 0 Å². The summed E-state index contributed by atoms with van der Waals surface area (Å²) in [4.78, 5) is 0. The van der Waals surface area contributed by atoms with Crippen LogP contribution >= 0.6 is 0 Å². The van der Waals surface area contributed by atoms with Gasteiger partial charge in [-0.05, 0) is 19.8 Å². The van der Waals surface area contributed by atoms with Crippen LogP contribution in [0.5, 0.6) is 0 Å². The maximum absolute atomic E-state index is 9.86. The van der Waals surface area contributed by atoms with Crippen LogP contribution in [-0.4, -0.2) is 37.0 Å². The zero-order valence-electron chi connectivity index (χ0n) is 9.38. The second-order valence-corrected chi connectivity index (χ2v) is 4.65. The monoisotopic (exact) mass is 201 g/mol. The van der Waals surface area contributed by atoms with Crippen LogP contribution < -0.4 is 5.32 Å². The molecule has 3 heteroatoms. The maximum Gasteiger partial charge on any atom is 0.0975 e. The van der Waals surface area contributed by atoms with Gasteiger partial charge in [-0.25, -0.2) is 0 Å². The van der Waals surface area contributed by atoms with Crippen molar-refractivity contribution in [2.75, 3.05) is 20.3 Å². The average Bonchev–Trinajstić information content (AvgIpc) is 2.17. The summed E-state index contributed by atoms with van der Waals surface area (Å²) in [7, 11) is 1.62. The van der Waals surface area contributed by atoms with Crippen LogP contribution in [0.2, 0.25) is 0 Å². The summed E-state index contributed by atoms with van der Waals surface area (Å²) in [5.41, 5.74) is -0.730. The van der Waals surface area contributed by atoms with Crippen molar-refractivity contribution >= 4 is 0 Å². The summed E-state index contributed by atoms with van der Waals surface area (Å²) in [5.74, 6) is 0. The third-order valence-electron chi connectivity index (χ3n) is 2.83. The summed E-state index contributed by atoms with van der Waals surface area (Å²) in [6.45, 7) is 2.84. The van der Waals surface area contributed by atoms with Gasteiger partial charge in [-0.3, -0.25) is 0 Å². The zero-order chi connectivity index (χ0) is 10.4. The van der Waals surface area contributed by atoms with Crippen molar-refractivity contribution in [3.8, 4) is 0 Å². The molecule has 1 atom stereocenters. The van der Waals surface area contributed by atoms with Gasteiger partial charge >= 0.3 is 0 Å². The highest BCUT2D eigenvalue weighted by Gasteiger charge is 2.22. The normalized spacial score (nSPS) is 23.4. The molecule has 0 radical (unpaired) electrons. The fourth-order valence-electron chi connectivity index (χ4n) is 2.03. The van der Waals surface area contributed by atoms with Gasteiger partial charge in [0.05, 0.1) is 12.2 Å². The van der Waals surface area contributed by atoms with Crippen molar-refractivity contribution < 1.29 is 9.84 Å². The summed E-state index contributed by atoms with van der Waals surface area (Å²) in [6.07, 6.45) is 6.52. The van der Waals surface area contributed by atoms with Crippen LogP contribution in [0, 0.1) is 0 Å². The predicted molar refractivity (Wildman–Crippen MR) is 57.4 cm³/mol. The SMILES string of the molecule is COCC(C)(O)CNC1CCCCC1. The number of rotatable bonds is 5. The third kappa shape index (κ3) is 4.40. The molecule has 1 saturated carbocycles. The zero-order valence-corrected chi connectivity index (χ0v) is 9.38. The van der Waals surface area contributed by atoms with Gasteiger partial charge in [0.2, 0.25) is 0 Å². The molecule has 0 aliphatic heterocycles. The molecule has 1 rings (SSSR count). The molecule has 0 aromatic carbocycles. The molecule has 3 nitrogen and oxygen atoms in total. The Morgan fingerprint density at radius 1 is 1.36 bits per heavy atom. The topological polar surface area (TPSA) is 41.5 Å². The molecule has 0 aromatic rings. The quantitative estimate of drug-likeness (QED) is 0.704. The van der Waals surface area contributed by atoms with E-state index in [0.29, 0.717) is 19.2 Å². The highest BCUT2D eigenvalue weighted by atomic mass is 16.5. The first-order valence-corrected chi connectivity index (χ1v) is 5.59. The first kappa shape index (κ1) is 12.0. The fraction of sp³-hybridized carbons (Fsp3) is 1.00. The van der Waals surface area contributed by atoms with Crippen LogP contribution in [0.25, 0.3) is 0 Å². The number of methoxy groups -OCH3 is 1. The Hall–Kier alpha value is -0.120. The van der Waals surface area contributed by atoms with Crippen molar-refractivity contribution in [1.82, 2.24) is 5.32 Å². The standard InChI is InChI=1S/C11H23NO2/c1-11(13,9-14-2)8-12-10-6-4-3-5-7-10/h10,12-13H,3-9H2,1-2H3. The molecule has 0 aromatic heterocycles. The van der Waals surface area contributed by atoms with Gasteiger partial charge in [0.25, 0.3) is 0 Å². The molecule has 0 bridgehead atoms. The third-order valence-corrected chi connectivity index (χ3v) is 2.83. The molecule has 2 N–H and O–H groups in total. The Kier molecular flexibility index (Phi) is 4.85. The van der Waals surface area contributed by atoms with Gasteiger partial charge in [0, 0.05) is 19.7 Å².